The molecule has 1 rings (SSSR count). The molecular weight excluding hydrogens is 524 g/mol. The number of ketones is 2. The van der Waals surface area contributed by atoms with E-state index in [1.165, 1.54) is 70.1 Å². The largest absolute Gasteiger partial charge is 0.290 e. The van der Waals surface area contributed by atoms with E-state index in [0.29, 0.717) is 12.0 Å². The molecule has 0 spiro atoms. The fourth-order valence-electron chi connectivity index (χ4n) is 4.93. The number of carbonyl (C=O) groups is 2. The summed E-state index contributed by atoms with van der Waals surface area (Å²) >= 11 is 0. The lowest BCUT2D eigenvalue weighted by atomic mass is 9.98. The predicted molar refractivity (Wildman–Crippen MR) is 189 cm³/mol. The van der Waals surface area contributed by atoms with Gasteiger partial charge in [-0.3, -0.25) is 9.59 Å². The van der Waals surface area contributed by atoms with Crippen molar-refractivity contribution in [2.75, 3.05) is 0 Å². The van der Waals surface area contributed by atoms with E-state index in [1.54, 1.807) is 0 Å². The zero-order valence-corrected chi connectivity index (χ0v) is 28.8. The Balaban J connectivity index is 2.25. The van der Waals surface area contributed by atoms with Crippen LogP contribution in [0.2, 0.25) is 0 Å². The second-order valence-electron chi connectivity index (χ2n) is 12.8. The Morgan fingerprint density at radius 2 is 0.791 bits per heavy atom. The van der Waals surface area contributed by atoms with Gasteiger partial charge in [-0.1, -0.05) is 81.5 Å². The minimum absolute atomic E-state index is 0.0529. The van der Waals surface area contributed by atoms with Gasteiger partial charge in [0.1, 0.15) is 0 Å². The van der Waals surface area contributed by atoms with Crippen LogP contribution in [0.5, 0.6) is 0 Å². The molecule has 1 aliphatic carbocycles. The van der Waals surface area contributed by atoms with Gasteiger partial charge in [0.15, 0.2) is 11.6 Å². The third-order valence-corrected chi connectivity index (χ3v) is 7.95. The van der Waals surface area contributed by atoms with Gasteiger partial charge in [-0.2, -0.15) is 0 Å². The van der Waals surface area contributed by atoms with Gasteiger partial charge in [0, 0.05) is 5.57 Å². The first-order valence-electron chi connectivity index (χ1n) is 16.5. The normalized spacial score (nSPS) is 15.8. The van der Waals surface area contributed by atoms with Crippen molar-refractivity contribution in [3.8, 4) is 0 Å². The van der Waals surface area contributed by atoms with Crippen LogP contribution in [0.15, 0.2) is 105 Å². The summed E-state index contributed by atoms with van der Waals surface area (Å²) in [5.41, 5.74) is 10.7. The van der Waals surface area contributed by atoms with Crippen molar-refractivity contribution in [2.45, 2.75) is 139 Å². The number of rotatable bonds is 20. The van der Waals surface area contributed by atoms with Gasteiger partial charge in [-0.05, 0) is 157 Å². The van der Waals surface area contributed by atoms with E-state index in [4.69, 9.17) is 0 Å². The van der Waals surface area contributed by atoms with Crippen LogP contribution in [-0.2, 0) is 9.59 Å². The Bertz CT molecular complexity index is 1180. The number of hydrogen-bond acceptors (Lipinski definition) is 2. The van der Waals surface area contributed by atoms with Crippen molar-refractivity contribution in [3.05, 3.63) is 105 Å². The lowest BCUT2D eigenvalue weighted by Gasteiger charge is -2.05. The molecule has 0 unspecified atom stereocenters. The molecule has 0 heterocycles. The Kier molecular flexibility index (Phi) is 19.9. The summed E-state index contributed by atoms with van der Waals surface area (Å²) in [6.45, 7) is 17.7. The molecule has 0 aromatic carbocycles. The van der Waals surface area contributed by atoms with E-state index in [0.717, 1.165) is 64.2 Å². The van der Waals surface area contributed by atoms with Crippen LogP contribution in [0.25, 0.3) is 0 Å². The number of allylic oxidation sites excluding steroid dienone is 18. The Hall–Kier alpha value is -3.00. The molecule has 236 valence electrons. The van der Waals surface area contributed by atoms with E-state index in [1.807, 2.05) is 0 Å². The molecule has 0 aliphatic heterocycles. The van der Waals surface area contributed by atoms with Gasteiger partial charge in [-0.25, -0.2) is 0 Å². The first-order valence-corrected chi connectivity index (χ1v) is 16.5. The Labute approximate surface area is 264 Å². The van der Waals surface area contributed by atoms with Crippen molar-refractivity contribution in [2.24, 2.45) is 0 Å². The molecule has 0 N–H and O–H groups in total. The average molecular weight is 585 g/mol. The maximum atomic E-state index is 11.9. The SMILES string of the molecule is CC(C)=CCC/C(C)=C/CC/C(C)=C/CC/C(C)=C/CC/C(C)=C/CC/C(C)=C/CC/C(C)=C/CC1=CC(=O)C=CC1=O. The molecule has 1 aliphatic rings. The van der Waals surface area contributed by atoms with Gasteiger partial charge in [-0.15, -0.1) is 0 Å². The highest BCUT2D eigenvalue weighted by molar-refractivity contribution is 6.17. The third-order valence-electron chi connectivity index (χ3n) is 7.95. The van der Waals surface area contributed by atoms with E-state index >= 15 is 0 Å². The molecule has 2 heteroatoms. The number of hydrogen-bond donors (Lipinski definition) is 0. The summed E-state index contributed by atoms with van der Waals surface area (Å²) in [7, 11) is 0. The Morgan fingerprint density at radius 1 is 0.465 bits per heavy atom. The highest BCUT2D eigenvalue weighted by Gasteiger charge is 2.11. The van der Waals surface area contributed by atoms with Gasteiger partial charge < -0.3 is 0 Å². The molecule has 0 saturated carbocycles. The molecule has 2 nitrogen and oxygen atoms in total. The van der Waals surface area contributed by atoms with Gasteiger partial charge in [0.05, 0.1) is 0 Å². The lowest BCUT2D eigenvalue weighted by Crippen LogP contribution is -2.06. The first-order chi connectivity index (χ1) is 20.5. The number of carbonyl (C=O) groups excluding carboxylic acids is 2. The zero-order chi connectivity index (χ0) is 32.0. The van der Waals surface area contributed by atoms with E-state index in [-0.39, 0.29) is 11.6 Å². The summed E-state index contributed by atoms with van der Waals surface area (Å²) in [6.07, 6.45) is 34.5. The second-order valence-corrected chi connectivity index (χ2v) is 12.8. The molecule has 0 amide bonds. The topological polar surface area (TPSA) is 34.1 Å². The minimum Gasteiger partial charge on any atom is -0.290 e. The summed E-state index contributed by atoms with van der Waals surface area (Å²) in [5, 5.41) is 0. The fourth-order valence-corrected chi connectivity index (χ4v) is 4.93. The van der Waals surface area contributed by atoms with Crippen LogP contribution in [0.1, 0.15) is 139 Å². The average Bonchev–Trinajstić information content (AvgIpc) is 2.93. The zero-order valence-electron chi connectivity index (χ0n) is 28.8. The standard InChI is InChI=1S/C41H60O2/c1-32(2)15-9-16-33(3)17-10-18-34(4)19-11-20-35(5)21-12-22-36(6)23-13-24-37(7)25-14-26-38(8)27-28-39-31-40(42)29-30-41(39)43/h15,17,19,21,23,25,27,29-31H,9-14,16,18,20,22,24,26,28H2,1-8H3/b33-17+,34-19+,35-21+,36-23+,37-25+,38-27+. The quantitative estimate of drug-likeness (QED) is 0.105. The van der Waals surface area contributed by atoms with Gasteiger partial charge in [0.25, 0.3) is 0 Å². The monoisotopic (exact) mass is 584 g/mol. The summed E-state index contributed by atoms with van der Waals surface area (Å²) in [5.74, 6) is -0.150. The predicted octanol–water partition coefficient (Wildman–Crippen LogP) is 12.3. The molecule has 0 fully saturated rings. The second kappa shape index (κ2) is 22.5. The van der Waals surface area contributed by atoms with E-state index in [2.05, 4.69) is 97.9 Å². The van der Waals surface area contributed by atoms with Crippen LogP contribution in [-0.4, -0.2) is 11.6 Å². The molecule has 0 radical (unpaired) electrons. The smallest absolute Gasteiger partial charge is 0.182 e. The maximum Gasteiger partial charge on any atom is 0.182 e. The van der Waals surface area contributed by atoms with E-state index in [9.17, 15) is 9.59 Å². The lowest BCUT2D eigenvalue weighted by molar-refractivity contribution is -0.114. The van der Waals surface area contributed by atoms with E-state index < -0.39 is 0 Å². The van der Waals surface area contributed by atoms with Crippen molar-refractivity contribution in [3.63, 3.8) is 0 Å². The van der Waals surface area contributed by atoms with Gasteiger partial charge in [0.2, 0.25) is 0 Å². The molecule has 0 atom stereocenters. The van der Waals surface area contributed by atoms with Crippen molar-refractivity contribution in [1.29, 1.82) is 0 Å². The fraction of sp³-hybridized carbons (Fsp3) is 0.512. The highest BCUT2D eigenvalue weighted by Crippen LogP contribution is 2.17. The summed E-state index contributed by atoms with van der Waals surface area (Å²) in [4.78, 5) is 23.3. The molecule has 43 heavy (non-hydrogen) atoms. The first kappa shape index (κ1) is 38.0. The maximum absolute atomic E-state index is 11.9. The van der Waals surface area contributed by atoms with Crippen LogP contribution in [0, 0.1) is 0 Å². The minimum atomic E-state index is -0.0974. The summed E-state index contributed by atoms with van der Waals surface area (Å²) in [6, 6.07) is 0. The molecule has 0 aromatic rings. The molecule has 0 aromatic heterocycles. The molecule has 0 bridgehead atoms. The highest BCUT2D eigenvalue weighted by atomic mass is 16.1. The Morgan fingerprint density at radius 3 is 1.14 bits per heavy atom. The van der Waals surface area contributed by atoms with Crippen LogP contribution < -0.4 is 0 Å². The van der Waals surface area contributed by atoms with Crippen molar-refractivity contribution >= 4 is 11.6 Å². The third kappa shape index (κ3) is 20.5. The van der Waals surface area contributed by atoms with Crippen LogP contribution in [0.3, 0.4) is 0 Å². The van der Waals surface area contributed by atoms with Crippen LogP contribution >= 0.6 is 0 Å². The van der Waals surface area contributed by atoms with Gasteiger partial charge >= 0.3 is 0 Å². The van der Waals surface area contributed by atoms with Crippen LogP contribution in [0.4, 0.5) is 0 Å². The molecular formula is C41H60O2. The van der Waals surface area contributed by atoms with Crippen molar-refractivity contribution < 1.29 is 9.59 Å². The molecule has 0 saturated heterocycles. The van der Waals surface area contributed by atoms with Crippen molar-refractivity contribution in [1.82, 2.24) is 0 Å². The summed E-state index contributed by atoms with van der Waals surface area (Å²) < 4.78 is 0.